The lowest BCUT2D eigenvalue weighted by Gasteiger charge is -2.11. The summed E-state index contributed by atoms with van der Waals surface area (Å²) in [5.41, 5.74) is 3.01. The second-order valence-electron chi connectivity index (χ2n) is 6.78. The van der Waals surface area contributed by atoms with Crippen molar-refractivity contribution in [1.82, 2.24) is 19.6 Å². The molecule has 0 aliphatic rings. The minimum absolute atomic E-state index is 0.561. The Kier molecular flexibility index (Phi) is 4.79. The molecular formula is C24H19N5O. The summed E-state index contributed by atoms with van der Waals surface area (Å²) >= 11 is 0. The zero-order valence-electron chi connectivity index (χ0n) is 16.1. The standard InChI is InChI=1S/C24H19N5O/c1-3-7-19(8-4-1)22-15-23(29-24(28-22)26-17-27-29)25-16-18-11-13-21(14-12-18)30-20-9-5-2-6-10-20/h1-15,17,25H,16H2. The Morgan fingerprint density at radius 2 is 1.50 bits per heavy atom. The Balaban J connectivity index is 1.34. The molecule has 146 valence electrons. The van der Waals surface area contributed by atoms with Gasteiger partial charge in [0.15, 0.2) is 0 Å². The number of hydrogen-bond acceptors (Lipinski definition) is 5. The normalized spacial score (nSPS) is 10.8. The molecule has 5 aromatic rings. The van der Waals surface area contributed by atoms with E-state index in [-0.39, 0.29) is 0 Å². The van der Waals surface area contributed by atoms with Crippen LogP contribution < -0.4 is 10.1 Å². The first-order chi connectivity index (χ1) is 14.8. The number of anilines is 1. The van der Waals surface area contributed by atoms with Crippen LogP contribution in [0.5, 0.6) is 11.5 Å². The van der Waals surface area contributed by atoms with Gasteiger partial charge >= 0.3 is 0 Å². The average molecular weight is 393 g/mol. The third kappa shape index (κ3) is 3.84. The smallest absolute Gasteiger partial charge is 0.254 e. The van der Waals surface area contributed by atoms with Gasteiger partial charge in [0.25, 0.3) is 5.78 Å². The van der Waals surface area contributed by atoms with Crippen molar-refractivity contribution in [2.24, 2.45) is 0 Å². The number of benzene rings is 3. The van der Waals surface area contributed by atoms with Crippen LogP contribution in [0.25, 0.3) is 17.0 Å². The lowest BCUT2D eigenvalue weighted by molar-refractivity contribution is 0.482. The second-order valence-corrected chi connectivity index (χ2v) is 6.78. The molecule has 30 heavy (non-hydrogen) atoms. The van der Waals surface area contributed by atoms with E-state index in [4.69, 9.17) is 4.74 Å². The van der Waals surface area contributed by atoms with E-state index in [1.165, 1.54) is 6.33 Å². The predicted molar refractivity (Wildman–Crippen MR) is 117 cm³/mol. The van der Waals surface area contributed by atoms with Crippen LogP contribution in [-0.4, -0.2) is 19.6 Å². The molecule has 0 radical (unpaired) electrons. The topological polar surface area (TPSA) is 64.3 Å². The Bertz CT molecular complexity index is 1250. The highest BCUT2D eigenvalue weighted by Crippen LogP contribution is 2.23. The molecule has 0 saturated heterocycles. The Hall–Kier alpha value is -4.19. The van der Waals surface area contributed by atoms with Crippen LogP contribution >= 0.6 is 0 Å². The molecule has 0 spiro atoms. The van der Waals surface area contributed by atoms with Gasteiger partial charge in [0.2, 0.25) is 0 Å². The average Bonchev–Trinajstić information content (AvgIpc) is 3.29. The number of para-hydroxylation sites is 1. The van der Waals surface area contributed by atoms with Crippen molar-refractivity contribution in [3.63, 3.8) is 0 Å². The summed E-state index contributed by atoms with van der Waals surface area (Å²) in [6.45, 7) is 0.638. The fourth-order valence-corrected chi connectivity index (χ4v) is 3.19. The van der Waals surface area contributed by atoms with E-state index < -0.39 is 0 Å². The number of ether oxygens (including phenoxy) is 1. The van der Waals surface area contributed by atoms with Crippen LogP contribution in [0.15, 0.2) is 97.3 Å². The van der Waals surface area contributed by atoms with Crippen LogP contribution in [0.1, 0.15) is 5.56 Å². The molecule has 0 aliphatic carbocycles. The summed E-state index contributed by atoms with van der Waals surface area (Å²) < 4.78 is 7.56. The Morgan fingerprint density at radius 3 is 2.27 bits per heavy atom. The summed E-state index contributed by atoms with van der Waals surface area (Å²) in [6, 6.07) is 29.8. The fraction of sp³-hybridized carbons (Fsp3) is 0.0417. The zero-order valence-corrected chi connectivity index (χ0v) is 16.1. The molecule has 3 aromatic carbocycles. The first kappa shape index (κ1) is 17.9. The summed E-state index contributed by atoms with van der Waals surface area (Å²) in [6.07, 6.45) is 1.51. The summed E-state index contributed by atoms with van der Waals surface area (Å²) in [7, 11) is 0. The molecule has 0 fully saturated rings. The minimum atomic E-state index is 0.561. The zero-order chi connectivity index (χ0) is 20.2. The first-order valence-corrected chi connectivity index (χ1v) is 9.67. The van der Waals surface area contributed by atoms with Gasteiger partial charge in [0, 0.05) is 18.2 Å². The lowest BCUT2D eigenvalue weighted by atomic mass is 10.1. The number of nitrogens with zero attached hydrogens (tertiary/aromatic N) is 4. The van der Waals surface area contributed by atoms with Crippen LogP contribution in [0.2, 0.25) is 0 Å². The van der Waals surface area contributed by atoms with E-state index in [0.717, 1.165) is 34.1 Å². The fourth-order valence-electron chi connectivity index (χ4n) is 3.19. The molecule has 1 N–H and O–H groups in total. The molecular weight excluding hydrogens is 374 g/mol. The van der Waals surface area contributed by atoms with Gasteiger partial charge in [-0.15, -0.1) is 0 Å². The molecule has 0 bridgehead atoms. The number of hydrogen-bond donors (Lipinski definition) is 1. The van der Waals surface area contributed by atoms with E-state index in [2.05, 4.69) is 20.4 Å². The number of aromatic nitrogens is 4. The molecule has 0 atom stereocenters. The minimum Gasteiger partial charge on any atom is -0.457 e. The van der Waals surface area contributed by atoms with Gasteiger partial charge in [0.05, 0.1) is 5.69 Å². The van der Waals surface area contributed by atoms with Gasteiger partial charge in [-0.25, -0.2) is 4.98 Å². The van der Waals surface area contributed by atoms with Crippen molar-refractivity contribution in [3.05, 3.63) is 103 Å². The number of nitrogens with one attached hydrogen (secondary N) is 1. The van der Waals surface area contributed by atoms with Crippen LogP contribution in [0, 0.1) is 0 Å². The highest BCUT2D eigenvalue weighted by atomic mass is 16.5. The van der Waals surface area contributed by atoms with Crippen molar-refractivity contribution in [3.8, 4) is 22.8 Å². The van der Waals surface area contributed by atoms with Gasteiger partial charge < -0.3 is 10.1 Å². The van der Waals surface area contributed by atoms with E-state index in [1.807, 2.05) is 91.0 Å². The van der Waals surface area contributed by atoms with Gasteiger partial charge in [0.1, 0.15) is 23.6 Å². The molecule has 6 nitrogen and oxygen atoms in total. The third-order valence-electron chi connectivity index (χ3n) is 4.70. The lowest BCUT2D eigenvalue weighted by Crippen LogP contribution is -2.07. The van der Waals surface area contributed by atoms with Crippen LogP contribution in [0.4, 0.5) is 5.82 Å². The van der Waals surface area contributed by atoms with Crippen molar-refractivity contribution in [2.75, 3.05) is 5.32 Å². The van der Waals surface area contributed by atoms with E-state index in [1.54, 1.807) is 4.52 Å². The van der Waals surface area contributed by atoms with Crippen molar-refractivity contribution in [1.29, 1.82) is 0 Å². The molecule has 2 aromatic heterocycles. The second kappa shape index (κ2) is 8.05. The summed E-state index contributed by atoms with van der Waals surface area (Å²) in [5.74, 6) is 3.02. The van der Waals surface area contributed by atoms with Crippen molar-refractivity contribution < 1.29 is 4.74 Å². The maximum Gasteiger partial charge on any atom is 0.254 e. The van der Waals surface area contributed by atoms with Crippen LogP contribution in [-0.2, 0) is 6.54 Å². The SMILES string of the molecule is c1ccc(Oc2ccc(CNc3cc(-c4ccccc4)nc4ncnn34)cc2)cc1. The Labute approximate surface area is 173 Å². The van der Waals surface area contributed by atoms with Gasteiger partial charge in [-0.2, -0.15) is 14.6 Å². The Morgan fingerprint density at radius 1 is 0.800 bits per heavy atom. The van der Waals surface area contributed by atoms with Gasteiger partial charge in [-0.1, -0.05) is 60.7 Å². The quantitative estimate of drug-likeness (QED) is 0.430. The van der Waals surface area contributed by atoms with Gasteiger partial charge in [-0.3, -0.25) is 0 Å². The molecule has 0 unspecified atom stereocenters. The first-order valence-electron chi connectivity index (χ1n) is 9.67. The number of fused-ring (bicyclic) bond motifs is 1. The summed E-state index contributed by atoms with van der Waals surface area (Å²) in [5, 5.41) is 7.74. The molecule has 5 rings (SSSR count). The van der Waals surface area contributed by atoms with E-state index >= 15 is 0 Å². The predicted octanol–water partition coefficient (Wildman–Crippen LogP) is 5.20. The van der Waals surface area contributed by atoms with Gasteiger partial charge in [-0.05, 0) is 29.8 Å². The molecule has 6 heteroatoms. The monoisotopic (exact) mass is 393 g/mol. The van der Waals surface area contributed by atoms with E-state index in [0.29, 0.717) is 12.3 Å². The maximum absolute atomic E-state index is 5.86. The molecule has 0 amide bonds. The third-order valence-corrected chi connectivity index (χ3v) is 4.70. The molecule has 0 aliphatic heterocycles. The van der Waals surface area contributed by atoms with Crippen LogP contribution in [0.3, 0.4) is 0 Å². The van der Waals surface area contributed by atoms with E-state index in [9.17, 15) is 0 Å². The largest absolute Gasteiger partial charge is 0.457 e. The number of rotatable bonds is 6. The molecule has 2 heterocycles. The van der Waals surface area contributed by atoms with Crippen molar-refractivity contribution >= 4 is 11.6 Å². The highest BCUT2D eigenvalue weighted by molar-refractivity contribution is 5.65. The maximum atomic E-state index is 5.86. The molecule has 0 saturated carbocycles. The highest BCUT2D eigenvalue weighted by Gasteiger charge is 2.09. The van der Waals surface area contributed by atoms with Crippen molar-refractivity contribution in [2.45, 2.75) is 6.54 Å². The summed E-state index contributed by atoms with van der Waals surface area (Å²) in [4.78, 5) is 8.86.